The van der Waals surface area contributed by atoms with Gasteiger partial charge in [0.2, 0.25) is 0 Å². The van der Waals surface area contributed by atoms with Crippen LogP contribution in [0.1, 0.15) is 13.8 Å². The molecule has 0 amide bonds. The minimum atomic E-state index is -0.412. The standard InChI is InChI=1S/C10H12BrClN2O2/c1-3-13(4-2)10-8(11)5-7(12)6-9(10)14(15)16/h5-6H,3-4H2,1-2H3. The lowest BCUT2D eigenvalue weighted by Gasteiger charge is -2.22. The number of rotatable bonds is 4. The monoisotopic (exact) mass is 306 g/mol. The van der Waals surface area contributed by atoms with E-state index in [4.69, 9.17) is 11.6 Å². The van der Waals surface area contributed by atoms with E-state index in [2.05, 4.69) is 15.9 Å². The maximum Gasteiger partial charge on any atom is 0.295 e. The molecule has 0 saturated carbocycles. The first-order chi connectivity index (χ1) is 7.51. The van der Waals surface area contributed by atoms with Gasteiger partial charge in [-0.15, -0.1) is 0 Å². The molecule has 0 bridgehead atoms. The summed E-state index contributed by atoms with van der Waals surface area (Å²) >= 11 is 9.12. The predicted octanol–water partition coefficient (Wildman–Crippen LogP) is 3.86. The van der Waals surface area contributed by atoms with Crippen molar-refractivity contribution in [1.29, 1.82) is 0 Å². The van der Waals surface area contributed by atoms with Crippen LogP contribution in [0.5, 0.6) is 0 Å². The molecular weight excluding hydrogens is 295 g/mol. The third-order valence-electron chi connectivity index (χ3n) is 2.28. The predicted molar refractivity (Wildman–Crippen MR) is 69.4 cm³/mol. The minimum Gasteiger partial charge on any atom is -0.366 e. The first kappa shape index (κ1) is 13.3. The zero-order valence-electron chi connectivity index (χ0n) is 9.04. The molecule has 0 fully saturated rings. The first-order valence-corrected chi connectivity index (χ1v) is 6.06. The molecule has 0 aliphatic heterocycles. The van der Waals surface area contributed by atoms with Gasteiger partial charge in [-0.3, -0.25) is 10.1 Å². The molecule has 0 aliphatic carbocycles. The highest BCUT2D eigenvalue weighted by atomic mass is 79.9. The van der Waals surface area contributed by atoms with Gasteiger partial charge in [-0.2, -0.15) is 0 Å². The summed E-state index contributed by atoms with van der Waals surface area (Å²) in [6, 6.07) is 3.04. The average molecular weight is 308 g/mol. The highest BCUT2D eigenvalue weighted by Gasteiger charge is 2.21. The highest BCUT2D eigenvalue weighted by Crippen LogP contribution is 2.38. The van der Waals surface area contributed by atoms with Crippen LogP contribution in [0, 0.1) is 10.1 Å². The maximum absolute atomic E-state index is 11.0. The summed E-state index contributed by atoms with van der Waals surface area (Å²) < 4.78 is 0.649. The lowest BCUT2D eigenvalue weighted by Crippen LogP contribution is -2.23. The lowest BCUT2D eigenvalue weighted by molar-refractivity contribution is -0.384. The van der Waals surface area contributed by atoms with E-state index in [1.807, 2.05) is 18.7 Å². The van der Waals surface area contributed by atoms with Crippen LogP contribution < -0.4 is 4.90 Å². The lowest BCUT2D eigenvalue weighted by atomic mass is 10.2. The SMILES string of the molecule is CCN(CC)c1c(Br)cc(Cl)cc1[N+](=O)[O-]. The van der Waals surface area contributed by atoms with E-state index in [0.29, 0.717) is 28.3 Å². The molecule has 1 aromatic carbocycles. The normalized spacial score (nSPS) is 10.2. The van der Waals surface area contributed by atoms with E-state index in [0.717, 1.165) is 0 Å². The molecule has 6 heteroatoms. The minimum absolute atomic E-state index is 0.0306. The van der Waals surface area contributed by atoms with Gasteiger partial charge in [-0.25, -0.2) is 0 Å². The van der Waals surface area contributed by atoms with Crippen molar-refractivity contribution >= 4 is 38.9 Å². The zero-order valence-corrected chi connectivity index (χ0v) is 11.4. The van der Waals surface area contributed by atoms with Gasteiger partial charge in [0.15, 0.2) is 0 Å². The Morgan fingerprint density at radius 2 is 2.00 bits per heavy atom. The Hall–Kier alpha value is -0.810. The van der Waals surface area contributed by atoms with Crippen molar-refractivity contribution in [3.8, 4) is 0 Å². The molecule has 16 heavy (non-hydrogen) atoms. The summed E-state index contributed by atoms with van der Waals surface area (Å²) in [5, 5.41) is 11.3. The van der Waals surface area contributed by atoms with Crippen LogP contribution in [0.4, 0.5) is 11.4 Å². The summed E-state index contributed by atoms with van der Waals surface area (Å²) in [7, 11) is 0. The molecule has 0 heterocycles. The van der Waals surface area contributed by atoms with Gasteiger partial charge in [-0.05, 0) is 35.8 Å². The Morgan fingerprint density at radius 1 is 1.44 bits per heavy atom. The second kappa shape index (κ2) is 5.50. The molecule has 0 atom stereocenters. The van der Waals surface area contributed by atoms with Gasteiger partial charge in [-0.1, -0.05) is 11.6 Å². The molecule has 0 N–H and O–H groups in total. The van der Waals surface area contributed by atoms with Gasteiger partial charge in [0, 0.05) is 28.7 Å². The van der Waals surface area contributed by atoms with E-state index in [1.54, 1.807) is 6.07 Å². The number of benzene rings is 1. The summed E-state index contributed by atoms with van der Waals surface area (Å²) in [5.41, 5.74) is 0.613. The third-order valence-corrected chi connectivity index (χ3v) is 3.11. The van der Waals surface area contributed by atoms with Crippen molar-refractivity contribution in [3.63, 3.8) is 0 Å². The number of anilines is 1. The molecule has 0 spiro atoms. The third kappa shape index (κ3) is 2.65. The molecule has 1 aromatic rings. The number of nitro groups is 1. The van der Waals surface area contributed by atoms with Crippen molar-refractivity contribution in [2.75, 3.05) is 18.0 Å². The van der Waals surface area contributed by atoms with Crippen LogP contribution in [0.15, 0.2) is 16.6 Å². The van der Waals surface area contributed by atoms with Crippen LogP contribution >= 0.6 is 27.5 Å². The van der Waals surface area contributed by atoms with Crippen LogP contribution in [-0.4, -0.2) is 18.0 Å². The van der Waals surface area contributed by atoms with E-state index < -0.39 is 4.92 Å². The Labute approximate surface area is 107 Å². The van der Waals surface area contributed by atoms with Crippen molar-refractivity contribution in [2.24, 2.45) is 0 Å². The Kier molecular flexibility index (Phi) is 4.56. The van der Waals surface area contributed by atoms with Gasteiger partial charge in [0.25, 0.3) is 5.69 Å². The molecule has 0 radical (unpaired) electrons. The number of nitro benzene ring substituents is 1. The van der Waals surface area contributed by atoms with Crippen molar-refractivity contribution in [3.05, 3.63) is 31.7 Å². The highest BCUT2D eigenvalue weighted by molar-refractivity contribution is 9.10. The first-order valence-electron chi connectivity index (χ1n) is 4.89. The molecule has 4 nitrogen and oxygen atoms in total. The summed E-state index contributed by atoms with van der Waals surface area (Å²) in [6.45, 7) is 5.32. The molecule has 0 aliphatic rings. The second-order valence-corrected chi connectivity index (χ2v) is 4.48. The number of hydrogen-bond donors (Lipinski definition) is 0. The summed E-state index contributed by atoms with van der Waals surface area (Å²) in [5.74, 6) is 0. The fraction of sp³-hybridized carbons (Fsp3) is 0.400. The quantitative estimate of drug-likeness (QED) is 0.627. The fourth-order valence-electron chi connectivity index (χ4n) is 1.54. The topological polar surface area (TPSA) is 46.4 Å². The van der Waals surface area contributed by atoms with Crippen LogP contribution in [0.2, 0.25) is 5.02 Å². The number of halogens is 2. The molecular formula is C10H12BrClN2O2. The second-order valence-electron chi connectivity index (χ2n) is 3.18. The molecule has 0 saturated heterocycles. The molecule has 0 unspecified atom stereocenters. The van der Waals surface area contributed by atoms with Crippen LogP contribution in [-0.2, 0) is 0 Å². The molecule has 1 rings (SSSR count). The van der Waals surface area contributed by atoms with Crippen LogP contribution in [0.3, 0.4) is 0 Å². The van der Waals surface area contributed by atoms with Crippen molar-refractivity contribution in [2.45, 2.75) is 13.8 Å². The zero-order chi connectivity index (χ0) is 12.3. The Balaban J connectivity index is 3.39. The summed E-state index contributed by atoms with van der Waals surface area (Å²) in [6.07, 6.45) is 0. The van der Waals surface area contributed by atoms with E-state index in [-0.39, 0.29) is 5.69 Å². The van der Waals surface area contributed by atoms with Gasteiger partial charge < -0.3 is 4.90 Å². The van der Waals surface area contributed by atoms with Gasteiger partial charge >= 0.3 is 0 Å². The van der Waals surface area contributed by atoms with Crippen molar-refractivity contribution < 1.29 is 4.92 Å². The van der Waals surface area contributed by atoms with E-state index in [9.17, 15) is 10.1 Å². The Morgan fingerprint density at radius 3 is 2.44 bits per heavy atom. The molecule has 88 valence electrons. The van der Waals surface area contributed by atoms with Crippen LogP contribution in [0.25, 0.3) is 0 Å². The number of hydrogen-bond acceptors (Lipinski definition) is 3. The largest absolute Gasteiger partial charge is 0.366 e. The average Bonchev–Trinajstić information content (AvgIpc) is 2.21. The van der Waals surface area contributed by atoms with Crippen molar-refractivity contribution in [1.82, 2.24) is 0 Å². The van der Waals surface area contributed by atoms with E-state index in [1.165, 1.54) is 6.07 Å². The maximum atomic E-state index is 11.0. The molecule has 0 aromatic heterocycles. The fourth-order valence-corrected chi connectivity index (χ4v) is 2.59. The van der Waals surface area contributed by atoms with Gasteiger partial charge in [0.1, 0.15) is 5.69 Å². The number of nitrogens with zero attached hydrogens (tertiary/aromatic N) is 2. The van der Waals surface area contributed by atoms with E-state index >= 15 is 0 Å². The Bertz CT molecular complexity index is 408. The van der Waals surface area contributed by atoms with Gasteiger partial charge in [0.05, 0.1) is 4.92 Å². The smallest absolute Gasteiger partial charge is 0.295 e. The summed E-state index contributed by atoms with van der Waals surface area (Å²) in [4.78, 5) is 12.5.